The number of halogens is 3. The van der Waals surface area contributed by atoms with Gasteiger partial charge in [-0.2, -0.15) is 0 Å². The van der Waals surface area contributed by atoms with Crippen molar-refractivity contribution in [2.75, 3.05) is 26.7 Å². The highest BCUT2D eigenvalue weighted by atomic mass is 19.1. The molecule has 2 rings (SSSR count). The SMILES string of the molecule is CN1CCNCC1c1c(F)cc(F)cc1F. The van der Waals surface area contributed by atoms with Crippen molar-refractivity contribution >= 4 is 0 Å². The molecule has 0 bridgehead atoms. The van der Waals surface area contributed by atoms with Gasteiger partial charge < -0.3 is 5.32 Å². The third-order valence-electron chi connectivity index (χ3n) is 2.89. The second-order valence-electron chi connectivity index (χ2n) is 3.98. The molecule has 1 heterocycles. The Morgan fingerprint density at radius 3 is 2.44 bits per heavy atom. The van der Waals surface area contributed by atoms with Crippen LogP contribution >= 0.6 is 0 Å². The summed E-state index contributed by atoms with van der Waals surface area (Å²) in [5.74, 6) is -2.53. The Hall–Kier alpha value is -1.07. The summed E-state index contributed by atoms with van der Waals surface area (Å²) in [6.45, 7) is 1.97. The molecule has 0 aromatic heterocycles. The zero-order chi connectivity index (χ0) is 11.7. The smallest absolute Gasteiger partial charge is 0.133 e. The minimum Gasteiger partial charge on any atom is -0.314 e. The molecule has 0 spiro atoms. The van der Waals surface area contributed by atoms with E-state index in [-0.39, 0.29) is 11.6 Å². The molecular formula is C11H13F3N2. The topological polar surface area (TPSA) is 15.3 Å². The molecule has 16 heavy (non-hydrogen) atoms. The average molecular weight is 230 g/mol. The normalized spacial score (nSPS) is 22.4. The van der Waals surface area contributed by atoms with Gasteiger partial charge in [-0.15, -0.1) is 0 Å². The predicted octanol–water partition coefficient (Wildman–Crippen LogP) is 1.68. The Morgan fingerprint density at radius 1 is 1.25 bits per heavy atom. The van der Waals surface area contributed by atoms with E-state index < -0.39 is 17.5 Å². The van der Waals surface area contributed by atoms with Crippen LogP contribution in [0.5, 0.6) is 0 Å². The van der Waals surface area contributed by atoms with E-state index in [1.807, 2.05) is 4.90 Å². The van der Waals surface area contributed by atoms with Crippen LogP contribution in [0.4, 0.5) is 13.2 Å². The number of nitrogens with one attached hydrogen (secondary N) is 1. The van der Waals surface area contributed by atoms with E-state index in [4.69, 9.17) is 0 Å². The molecule has 5 heteroatoms. The minimum absolute atomic E-state index is 0.0592. The fourth-order valence-electron chi connectivity index (χ4n) is 2.00. The fourth-order valence-corrected chi connectivity index (χ4v) is 2.00. The molecule has 1 N–H and O–H groups in total. The molecule has 0 aliphatic carbocycles. The maximum atomic E-state index is 13.5. The van der Waals surface area contributed by atoms with E-state index in [2.05, 4.69) is 5.32 Å². The van der Waals surface area contributed by atoms with Crippen molar-refractivity contribution in [2.45, 2.75) is 6.04 Å². The quantitative estimate of drug-likeness (QED) is 0.789. The van der Waals surface area contributed by atoms with Gasteiger partial charge in [0, 0.05) is 37.3 Å². The Kier molecular flexibility index (Phi) is 3.16. The first-order valence-electron chi connectivity index (χ1n) is 5.15. The molecule has 0 amide bonds. The number of hydrogen-bond acceptors (Lipinski definition) is 2. The van der Waals surface area contributed by atoms with E-state index in [9.17, 15) is 13.2 Å². The molecule has 88 valence electrons. The lowest BCUT2D eigenvalue weighted by Crippen LogP contribution is -2.44. The third kappa shape index (κ3) is 2.05. The number of nitrogens with zero attached hydrogens (tertiary/aromatic N) is 1. The van der Waals surface area contributed by atoms with E-state index in [1.54, 1.807) is 7.05 Å². The summed E-state index contributed by atoms with van der Waals surface area (Å²) in [4.78, 5) is 1.86. The number of hydrogen-bond donors (Lipinski definition) is 1. The second kappa shape index (κ2) is 4.43. The average Bonchev–Trinajstić information content (AvgIpc) is 2.19. The van der Waals surface area contributed by atoms with E-state index in [0.717, 1.165) is 18.7 Å². The fraction of sp³-hybridized carbons (Fsp3) is 0.455. The van der Waals surface area contributed by atoms with Crippen molar-refractivity contribution in [3.63, 3.8) is 0 Å². The zero-order valence-electron chi connectivity index (χ0n) is 8.93. The van der Waals surface area contributed by atoms with Crippen LogP contribution in [0.15, 0.2) is 12.1 Å². The highest BCUT2D eigenvalue weighted by Gasteiger charge is 2.26. The van der Waals surface area contributed by atoms with Gasteiger partial charge in [-0.3, -0.25) is 4.90 Å². The lowest BCUT2D eigenvalue weighted by Gasteiger charge is -2.33. The standard InChI is InChI=1S/C11H13F3N2/c1-16-3-2-15-6-10(16)11-8(13)4-7(12)5-9(11)14/h4-5,10,15H,2-3,6H2,1H3. The van der Waals surface area contributed by atoms with Gasteiger partial charge in [-0.25, -0.2) is 13.2 Å². The van der Waals surface area contributed by atoms with Gasteiger partial charge in [0.15, 0.2) is 0 Å². The van der Waals surface area contributed by atoms with Crippen LogP contribution in [0.1, 0.15) is 11.6 Å². The molecule has 1 aromatic carbocycles. The van der Waals surface area contributed by atoms with Gasteiger partial charge in [-0.1, -0.05) is 0 Å². The first-order valence-corrected chi connectivity index (χ1v) is 5.15. The van der Waals surface area contributed by atoms with Gasteiger partial charge in [0.25, 0.3) is 0 Å². The first kappa shape index (κ1) is 11.4. The van der Waals surface area contributed by atoms with Crippen LogP contribution in [0.3, 0.4) is 0 Å². The molecule has 1 aromatic rings. The molecular weight excluding hydrogens is 217 g/mol. The Balaban J connectivity index is 2.38. The number of piperazine rings is 1. The number of likely N-dealkylation sites (N-methyl/N-ethyl adjacent to an activating group) is 1. The van der Waals surface area contributed by atoms with Crippen LogP contribution in [0, 0.1) is 17.5 Å². The molecule has 0 saturated carbocycles. The lowest BCUT2D eigenvalue weighted by molar-refractivity contribution is 0.193. The summed E-state index contributed by atoms with van der Waals surface area (Å²) in [5.41, 5.74) is -0.0592. The summed E-state index contributed by atoms with van der Waals surface area (Å²) in [7, 11) is 1.80. The maximum absolute atomic E-state index is 13.5. The summed E-state index contributed by atoms with van der Waals surface area (Å²) < 4.78 is 39.8. The van der Waals surface area contributed by atoms with Gasteiger partial charge in [0.05, 0.1) is 6.04 Å². The van der Waals surface area contributed by atoms with Gasteiger partial charge in [0.1, 0.15) is 17.5 Å². The van der Waals surface area contributed by atoms with Crippen molar-refractivity contribution < 1.29 is 13.2 Å². The maximum Gasteiger partial charge on any atom is 0.133 e. The third-order valence-corrected chi connectivity index (χ3v) is 2.89. The van der Waals surface area contributed by atoms with Crippen molar-refractivity contribution in [3.8, 4) is 0 Å². The van der Waals surface area contributed by atoms with Crippen LogP contribution < -0.4 is 5.32 Å². The van der Waals surface area contributed by atoms with E-state index in [1.165, 1.54) is 0 Å². The largest absolute Gasteiger partial charge is 0.314 e. The summed E-state index contributed by atoms with van der Waals surface area (Å²) in [6, 6.07) is 1.07. The van der Waals surface area contributed by atoms with Gasteiger partial charge >= 0.3 is 0 Å². The van der Waals surface area contributed by atoms with Crippen molar-refractivity contribution in [1.29, 1.82) is 0 Å². The first-order chi connectivity index (χ1) is 7.59. The number of rotatable bonds is 1. The van der Waals surface area contributed by atoms with E-state index in [0.29, 0.717) is 13.1 Å². The summed E-state index contributed by atoms with van der Waals surface area (Å²) in [6.07, 6.45) is 0. The van der Waals surface area contributed by atoms with Crippen LogP contribution in [-0.4, -0.2) is 31.6 Å². The van der Waals surface area contributed by atoms with Crippen LogP contribution in [0.25, 0.3) is 0 Å². The summed E-state index contributed by atoms with van der Waals surface area (Å²) in [5, 5.41) is 3.06. The lowest BCUT2D eigenvalue weighted by atomic mass is 10.0. The molecule has 0 radical (unpaired) electrons. The highest BCUT2D eigenvalue weighted by Crippen LogP contribution is 2.26. The molecule has 1 saturated heterocycles. The molecule has 1 unspecified atom stereocenters. The molecule has 1 atom stereocenters. The van der Waals surface area contributed by atoms with Crippen LogP contribution in [-0.2, 0) is 0 Å². The van der Waals surface area contributed by atoms with Gasteiger partial charge in [0.2, 0.25) is 0 Å². The van der Waals surface area contributed by atoms with Crippen LogP contribution in [0.2, 0.25) is 0 Å². The van der Waals surface area contributed by atoms with E-state index >= 15 is 0 Å². The Bertz CT molecular complexity index is 372. The monoisotopic (exact) mass is 230 g/mol. The molecule has 1 aliphatic rings. The highest BCUT2D eigenvalue weighted by molar-refractivity contribution is 5.25. The summed E-state index contributed by atoms with van der Waals surface area (Å²) >= 11 is 0. The van der Waals surface area contributed by atoms with Gasteiger partial charge in [-0.05, 0) is 7.05 Å². The predicted molar refractivity (Wildman–Crippen MR) is 54.6 cm³/mol. The second-order valence-corrected chi connectivity index (χ2v) is 3.98. The Morgan fingerprint density at radius 2 is 1.88 bits per heavy atom. The van der Waals surface area contributed by atoms with Crippen molar-refractivity contribution in [3.05, 3.63) is 35.1 Å². The zero-order valence-corrected chi connectivity index (χ0v) is 8.93. The Labute approximate surface area is 92.1 Å². The molecule has 1 aliphatic heterocycles. The molecule has 1 fully saturated rings. The molecule has 2 nitrogen and oxygen atoms in total. The van der Waals surface area contributed by atoms with Crippen molar-refractivity contribution in [1.82, 2.24) is 10.2 Å². The van der Waals surface area contributed by atoms with Crippen molar-refractivity contribution in [2.24, 2.45) is 0 Å². The number of benzene rings is 1. The minimum atomic E-state index is -0.884.